The highest BCUT2D eigenvalue weighted by molar-refractivity contribution is 7.13. The highest BCUT2D eigenvalue weighted by Gasteiger charge is 2.72. The van der Waals surface area contributed by atoms with Crippen molar-refractivity contribution in [1.29, 1.82) is 0 Å². The summed E-state index contributed by atoms with van der Waals surface area (Å²) in [5.74, 6) is -4.55. The molecule has 2 rings (SSSR count). The van der Waals surface area contributed by atoms with Gasteiger partial charge in [0.1, 0.15) is 0 Å². The van der Waals surface area contributed by atoms with Gasteiger partial charge in [0, 0.05) is 11.1 Å². The second-order valence-corrected chi connectivity index (χ2v) is 5.64. The van der Waals surface area contributed by atoms with Gasteiger partial charge in [0.2, 0.25) is 0 Å². The van der Waals surface area contributed by atoms with E-state index < -0.39 is 47.3 Å². The summed E-state index contributed by atoms with van der Waals surface area (Å²) in [7, 11) is 0. The van der Waals surface area contributed by atoms with Gasteiger partial charge >= 0.3 is 12.4 Å². The Balaban J connectivity index is 2.72. The average Bonchev–Trinajstić information content (AvgIpc) is 2.95. The Bertz CT molecular complexity index is 769. The smallest absolute Gasteiger partial charge is 0.390 e. The largest absolute Gasteiger partial charge is 0.430 e. The van der Waals surface area contributed by atoms with Crippen LogP contribution in [0.2, 0.25) is 0 Å². The maximum Gasteiger partial charge on any atom is 0.430 e. The van der Waals surface area contributed by atoms with Gasteiger partial charge in [0.25, 0.3) is 5.60 Å². The van der Waals surface area contributed by atoms with E-state index in [2.05, 4.69) is 4.98 Å². The van der Waals surface area contributed by atoms with Gasteiger partial charge in [-0.05, 0) is 6.07 Å². The number of aliphatic hydroxyl groups excluding tert-OH is 1. The molecule has 0 saturated carbocycles. The molecule has 2 aromatic rings. The monoisotopic (exact) mass is 393 g/mol. The van der Waals surface area contributed by atoms with Gasteiger partial charge in [-0.3, -0.25) is 0 Å². The normalized spacial score (nSPS) is 13.4. The molecular weight excluding hydrogens is 386 g/mol. The molecule has 0 atom stereocenters. The summed E-state index contributed by atoms with van der Waals surface area (Å²) in [6.07, 6.45) is -12.7. The number of benzene rings is 1. The second kappa shape index (κ2) is 6.18. The van der Waals surface area contributed by atoms with Gasteiger partial charge in [-0.15, -0.1) is 11.3 Å². The molecule has 0 aliphatic carbocycles. The summed E-state index contributed by atoms with van der Waals surface area (Å²) in [4.78, 5) is 3.43. The summed E-state index contributed by atoms with van der Waals surface area (Å²) in [6, 6.07) is 0.443. The third-order valence-electron chi connectivity index (χ3n) is 3.33. The van der Waals surface area contributed by atoms with Crippen LogP contribution in [0.1, 0.15) is 11.3 Å². The van der Waals surface area contributed by atoms with Gasteiger partial charge in [-0.25, -0.2) is 13.8 Å². The summed E-state index contributed by atoms with van der Waals surface area (Å²) in [5, 5.41) is 18.2. The van der Waals surface area contributed by atoms with Crippen molar-refractivity contribution in [1.82, 2.24) is 4.98 Å². The highest BCUT2D eigenvalue weighted by atomic mass is 32.1. The first-order valence-corrected chi connectivity index (χ1v) is 7.12. The minimum Gasteiger partial charge on any atom is -0.390 e. The molecule has 2 N–H and O–H groups in total. The van der Waals surface area contributed by atoms with Crippen LogP contribution >= 0.6 is 11.3 Å². The zero-order valence-corrected chi connectivity index (χ0v) is 12.5. The Morgan fingerprint density at radius 3 is 2.00 bits per heavy atom. The summed E-state index contributed by atoms with van der Waals surface area (Å²) >= 11 is 0.690. The van der Waals surface area contributed by atoms with Crippen LogP contribution in [0.5, 0.6) is 0 Å². The zero-order valence-electron chi connectivity index (χ0n) is 11.7. The van der Waals surface area contributed by atoms with E-state index in [0.29, 0.717) is 17.4 Å². The van der Waals surface area contributed by atoms with Gasteiger partial charge in [0.05, 0.1) is 22.7 Å². The first-order chi connectivity index (χ1) is 11.4. The number of nitrogens with zero attached hydrogens (tertiary/aromatic N) is 1. The lowest BCUT2D eigenvalue weighted by molar-refractivity contribution is -0.377. The van der Waals surface area contributed by atoms with Crippen LogP contribution in [0.3, 0.4) is 0 Å². The van der Waals surface area contributed by atoms with E-state index in [1.54, 1.807) is 0 Å². The molecule has 0 aliphatic heterocycles. The molecule has 25 heavy (non-hydrogen) atoms. The van der Waals surface area contributed by atoms with Gasteiger partial charge in [-0.2, -0.15) is 26.3 Å². The Hall–Kier alpha value is -1.79. The number of halogens is 8. The van der Waals surface area contributed by atoms with Gasteiger partial charge < -0.3 is 10.2 Å². The third-order valence-corrected chi connectivity index (χ3v) is 4.23. The molecule has 12 heteroatoms. The predicted octanol–water partition coefficient (Wildman–Crippen LogP) is 3.89. The van der Waals surface area contributed by atoms with Crippen LogP contribution < -0.4 is 0 Å². The molecule has 0 fully saturated rings. The lowest BCUT2D eigenvalue weighted by Gasteiger charge is -2.33. The Morgan fingerprint density at radius 2 is 1.52 bits per heavy atom. The number of aromatic nitrogens is 1. The maximum atomic E-state index is 14.1. The molecule has 138 valence electrons. The molecule has 0 bridgehead atoms. The molecule has 0 saturated heterocycles. The first kappa shape index (κ1) is 19.5. The van der Waals surface area contributed by atoms with Crippen molar-refractivity contribution in [2.45, 2.75) is 24.6 Å². The molecule has 0 unspecified atom stereocenters. The topological polar surface area (TPSA) is 53.4 Å². The zero-order chi connectivity index (χ0) is 19.2. The fraction of sp³-hybridized carbons (Fsp3) is 0.308. The van der Waals surface area contributed by atoms with Gasteiger partial charge in [0.15, 0.2) is 11.6 Å². The fourth-order valence-electron chi connectivity index (χ4n) is 2.07. The third kappa shape index (κ3) is 2.98. The summed E-state index contributed by atoms with van der Waals surface area (Å²) < 4.78 is 105. The minimum absolute atomic E-state index is 0.00436. The molecule has 0 aliphatic rings. The number of thiazole rings is 1. The van der Waals surface area contributed by atoms with Crippen LogP contribution in [-0.2, 0) is 12.2 Å². The highest BCUT2D eigenvalue weighted by Crippen LogP contribution is 2.51. The Morgan fingerprint density at radius 1 is 0.960 bits per heavy atom. The van der Waals surface area contributed by atoms with Crippen molar-refractivity contribution >= 4 is 11.3 Å². The van der Waals surface area contributed by atoms with Crippen LogP contribution in [0.25, 0.3) is 10.4 Å². The maximum absolute atomic E-state index is 14.1. The summed E-state index contributed by atoms with van der Waals surface area (Å²) in [6.45, 7) is -0.712. The lowest BCUT2D eigenvalue weighted by Crippen LogP contribution is -2.54. The predicted molar refractivity (Wildman–Crippen MR) is 69.4 cm³/mol. The summed E-state index contributed by atoms with van der Waals surface area (Å²) in [5.41, 5.74) is -7.62. The molecule has 0 spiro atoms. The second-order valence-electron chi connectivity index (χ2n) is 4.78. The van der Waals surface area contributed by atoms with Crippen molar-refractivity contribution < 1.29 is 45.3 Å². The number of rotatable bonds is 3. The van der Waals surface area contributed by atoms with Crippen LogP contribution in [0.4, 0.5) is 35.1 Å². The molecule has 1 aromatic carbocycles. The van der Waals surface area contributed by atoms with E-state index in [1.807, 2.05) is 0 Å². The van der Waals surface area contributed by atoms with E-state index in [-0.39, 0.29) is 16.6 Å². The number of hydrogen-bond acceptors (Lipinski definition) is 4. The molecule has 0 radical (unpaired) electrons. The minimum atomic E-state index is -6.35. The SMILES string of the molecule is OCc1ncsc1-c1ccc(C(O)(C(F)(F)F)C(F)(F)F)c(F)c1F. The van der Waals surface area contributed by atoms with E-state index in [4.69, 9.17) is 5.11 Å². The van der Waals surface area contributed by atoms with E-state index in [1.165, 1.54) is 0 Å². The molecule has 1 heterocycles. The Labute approximate surface area is 138 Å². The molecule has 1 aromatic heterocycles. The van der Waals surface area contributed by atoms with Crippen molar-refractivity contribution in [3.05, 3.63) is 40.5 Å². The van der Waals surface area contributed by atoms with E-state index >= 15 is 0 Å². The van der Waals surface area contributed by atoms with E-state index in [0.717, 1.165) is 5.51 Å². The molecule has 3 nitrogen and oxygen atoms in total. The van der Waals surface area contributed by atoms with E-state index in [9.17, 15) is 40.2 Å². The van der Waals surface area contributed by atoms with Crippen molar-refractivity contribution in [3.63, 3.8) is 0 Å². The van der Waals surface area contributed by atoms with Gasteiger partial charge in [-0.1, -0.05) is 6.07 Å². The average molecular weight is 393 g/mol. The standard InChI is InChI=1S/C13H7F8NO2S/c14-8-5(10-7(3-23)22-4-25-10)1-2-6(9(8)15)11(24,12(16,17)18)13(19,20)21/h1-2,4,23-24H,3H2. The quantitative estimate of drug-likeness (QED) is 0.778. The number of alkyl halides is 6. The van der Waals surface area contributed by atoms with Crippen molar-refractivity contribution in [3.8, 4) is 10.4 Å². The van der Waals surface area contributed by atoms with Crippen LogP contribution in [0, 0.1) is 11.6 Å². The van der Waals surface area contributed by atoms with Crippen molar-refractivity contribution in [2.75, 3.05) is 0 Å². The number of hydrogen-bond donors (Lipinski definition) is 2. The van der Waals surface area contributed by atoms with Crippen molar-refractivity contribution in [2.24, 2.45) is 0 Å². The molecular formula is C13H7F8NO2S. The first-order valence-electron chi connectivity index (χ1n) is 6.24. The lowest BCUT2D eigenvalue weighted by atomic mass is 9.90. The van der Waals surface area contributed by atoms with Crippen LogP contribution in [0.15, 0.2) is 17.6 Å². The number of aliphatic hydroxyl groups is 2. The molecule has 0 amide bonds. The fourth-order valence-corrected chi connectivity index (χ4v) is 2.89. The van der Waals surface area contributed by atoms with Crippen LogP contribution in [-0.4, -0.2) is 27.5 Å². The Kier molecular flexibility index (Phi) is 4.83.